The van der Waals surface area contributed by atoms with Gasteiger partial charge in [-0.3, -0.25) is 0 Å². The molecule has 0 aliphatic heterocycles. The Hall–Kier alpha value is -6.13. The summed E-state index contributed by atoms with van der Waals surface area (Å²) in [6.45, 7) is 2.11. The summed E-state index contributed by atoms with van der Waals surface area (Å²) in [5.74, 6) is 1.93. The fourth-order valence-corrected chi connectivity index (χ4v) is 6.44. The molecule has 0 unspecified atom stereocenters. The van der Waals surface area contributed by atoms with Gasteiger partial charge in [-0.1, -0.05) is 121 Å². The van der Waals surface area contributed by atoms with Crippen LogP contribution in [0.5, 0.6) is 0 Å². The van der Waals surface area contributed by atoms with Crippen molar-refractivity contribution in [2.75, 3.05) is 0 Å². The summed E-state index contributed by atoms with van der Waals surface area (Å²) in [6, 6.07) is 50.5. The van der Waals surface area contributed by atoms with Crippen LogP contribution in [0.1, 0.15) is 5.56 Å². The highest BCUT2D eigenvalue weighted by atomic mass is 16.3. The van der Waals surface area contributed by atoms with Crippen molar-refractivity contribution < 1.29 is 4.42 Å². The minimum atomic E-state index is 0.635. The van der Waals surface area contributed by atoms with Crippen molar-refractivity contribution in [1.29, 1.82) is 0 Å². The quantitative estimate of drug-likeness (QED) is 0.205. The van der Waals surface area contributed by atoms with E-state index in [0.29, 0.717) is 17.5 Å². The molecule has 2 heterocycles. The molecule has 0 aliphatic rings. The van der Waals surface area contributed by atoms with Crippen LogP contribution >= 0.6 is 0 Å². The Labute approximate surface area is 265 Å². The Balaban J connectivity index is 1.19. The summed E-state index contributed by atoms with van der Waals surface area (Å²) in [5, 5.41) is 6.91. The number of furan rings is 1. The summed E-state index contributed by atoms with van der Waals surface area (Å²) >= 11 is 0. The van der Waals surface area contributed by atoms with Crippen molar-refractivity contribution in [3.8, 4) is 45.3 Å². The molecule has 7 aromatic carbocycles. The maximum atomic E-state index is 6.23. The first kappa shape index (κ1) is 26.3. The van der Waals surface area contributed by atoms with Gasteiger partial charge in [0.05, 0.1) is 0 Å². The van der Waals surface area contributed by atoms with E-state index in [1.165, 1.54) is 10.8 Å². The first-order valence-electron chi connectivity index (χ1n) is 15.4. The topological polar surface area (TPSA) is 51.8 Å². The summed E-state index contributed by atoms with van der Waals surface area (Å²) in [5.41, 5.74) is 8.05. The number of aryl methyl sites for hydroxylation is 1. The van der Waals surface area contributed by atoms with Crippen LogP contribution in [0.4, 0.5) is 0 Å². The number of hydrogen-bond acceptors (Lipinski definition) is 4. The highest BCUT2D eigenvalue weighted by Crippen LogP contribution is 2.38. The van der Waals surface area contributed by atoms with E-state index < -0.39 is 0 Å². The van der Waals surface area contributed by atoms with Gasteiger partial charge in [0.15, 0.2) is 17.5 Å². The molecule has 9 rings (SSSR count). The Morgan fingerprint density at radius 1 is 0.413 bits per heavy atom. The number of benzene rings is 7. The van der Waals surface area contributed by atoms with Crippen molar-refractivity contribution in [2.24, 2.45) is 0 Å². The first-order valence-corrected chi connectivity index (χ1v) is 15.4. The SMILES string of the molecule is Cc1cc(-c2ccc(-c3nc(-c4ccc5ccccc5c4)nc(-c4ccc5ccccc5c4)n3)cc2)c2c(c1)oc1ccccc12. The van der Waals surface area contributed by atoms with Gasteiger partial charge in [-0.05, 0) is 69.4 Å². The van der Waals surface area contributed by atoms with E-state index in [-0.39, 0.29) is 0 Å². The minimum Gasteiger partial charge on any atom is -0.456 e. The van der Waals surface area contributed by atoms with Crippen LogP contribution in [0.2, 0.25) is 0 Å². The average molecular weight is 590 g/mol. The first-order chi connectivity index (χ1) is 22.7. The highest BCUT2D eigenvalue weighted by Gasteiger charge is 2.16. The van der Waals surface area contributed by atoms with Crippen LogP contribution in [0.3, 0.4) is 0 Å². The summed E-state index contributed by atoms with van der Waals surface area (Å²) < 4.78 is 6.23. The summed E-state index contributed by atoms with van der Waals surface area (Å²) in [6.07, 6.45) is 0. The van der Waals surface area contributed by atoms with Crippen LogP contribution in [0.25, 0.3) is 88.8 Å². The molecule has 0 atom stereocenters. The number of nitrogens with zero attached hydrogens (tertiary/aromatic N) is 3. The van der Waals surface area contributed by atoms with E-state index in [4.69, 9.17) is 19.4 Å². The molecule has 4 nitrogen and oxygen atoms in total. The second-order valence-corrected chi connectivity index (χ2v) is 11.8. The lowest BCUT2D eigenvalue weighted by Gasteiger charge is -2.11. The van der Waals surface area contributed by atoms with Gasteiger partial charge in [0.1, 0.15) is 11.2 Å². The van der Waals surface area contributed by atoms with Gasteiger partial charge in [-0.25, -0.2) is 15.0 Å². The minimum absolute atomic E-state index is 0.635. The monoisotopic (exact) mass is 589 g/mol. The van der Waals surface area contributed by atoms with Crippen LogP contribution in [-0.2, 0) is 0 Å². The molecule has 4 heteroatoms. The molecule has 9 aromatic rings. The molecule has 46 heavy (non-hydrogen) atoms. The predicted octanol–water partition coefficient (Wildman–Crippen LogP) is 11.1. The van der Waals surface area contributed by atoms with E-state index in [1.54, 1.807) is 0 Å². The molecular weight excluding hydrogens is 562 g/mol. The van der Waals surface area contributed by atoms with Crippen LogP contribution in [0.15, 0.2) is 150 Å². The average Bonchev–Trinajstić information content (AvgIpc) is 3.49. The largest absolute Gasteiger partial charge is 0.456 e. The zero-order valence-electron chi connectivity index (χ0n) is 25.1. The van der Waals surface area contributed by atoms with E-state index >= 15 is 0 Å². The Bertz CT molecular complexity index is 2500. The van der Waals surface area contributed by atoms with Crippen LogP contribution < -0.4 is 0 Å². The summed E-state index contributed by atoms with van der Waals surface area (Å²) in [7, 11) is 0. The lowest BCUT2D eigenvalue weighted by atomic mass is 9.96. The third-order valence-corrected chi connectivity index (χ3v) is 8.73. The van der Waals surface area contributed by atoms with E-state index in [2.05, 4.69) is 140 Å². The third kappa shape index (κ3) is 4.51. The molecular formula is C42H27N3O. The normalized spacial score (nSPS) is 11.6. The zero-order valence-corrected chi connectivity index (χ0v) is 25.1. The molecule has 0 N–H and O–H groups in total. The second-order valence-electron chi connectivity index (χ2n) is 11.8. The van der Waals surface area contributed by atoms with Crippen molar-refractivity contribution in [3.63, 3.8) is 0 Å². The van der Waals surface area contributed by atoms with E-state index in [9.17, 15) is 0 Å². The maximum Gasteiger partial charge on any atom is 0.164 e. The van der Waals surface area contributed by atoms with Crippen molar-refractivity contribution in [3.05, 3.63) is 151 Å². The molecule has 0 saturated carbocycles. The smallest absolute Gasteiger partial charge is 0.164 e. The molecule has 0 bridgehead atoms. The van der Waals surface area contributed by atoms with E-state index in [1.807, 2.05) is 12.1 Å². The Morgan fingerprint density at radius 2 is 0.913 bits per heavy atom. The van der Waals surface area contributed by atoms with Gasteiger partial charge in [0.25, 0.3) is 0 Å². The highest BCUT2D eigenvalue weighted by molar-refractivity contribution is 6.12. The molecule has 0 fully saturated rings. The second kappa shape index (κ2) is 10.5. The standard InChI is InChI=1S/C42H27N3O/c1-26-22-36(39-35-12-6-7-13-37(35)46-38(39)23-26)29-16-18-30(19-17-29)40-43-41(33-20-14-27-8-2-4-10-31(27)24-33)45-42(44-40)34-21-15-28-9-3-5-11-32(28)25-34/h2-25H,1H3. The third-order valence-electron chi connectivity index (χ3n) is 8.73. The van der Waals surface area contributed by atoms with E-state index in [0.717, 1.165) is 66.1 Å². The van der Waals surface area contributed by atoms with Gasteiger partial charge in [-0.2, -0.15) is 0 Å². The fourth-order valence-electron chi connectivity index (χ4n) is 6.44. The molecule has 0 radical (unpaired) electrons. The van der Waals surface area contributed by atoms with Gasteiger partial charge in [0, 0.05) is 27.5 Å². The lowest BCUT2D eigenvalue weighted by molar-refractivity contribution is 0.668. The number of hydrogen-bond donors (Lipinski definition) is 0. The molecule has 0 amide bonds. The predicted molar refractivity (Wildman–Crippen MR) is 189 cm³/mol. The van der Waals surface area contributed by atoms with Gasteiger partial charge in [0.2, 0.25) is 0 Å². The molecule has 2 aromatic heterocycles. The maximum absolute atomic E-state index is 6.23. The molecule has 0 spiro atoms. The molecule has 0 saturated heterocycles. The van der Waals surface area contributed by atoms with Gasteiger partial charge < -0.3 is 4.42 Å². The molecule has 0 aliphatic carbocycles. The zero-order chi connectivity index (χ0) is 30.6. The molecule has 216 valence electrons. The van der Waals surface area contributed by atoms with Crippen LogP contribution in [-0.4, -0.2) is 15.0 Å². The Morgan fingerprint density at radius 3 is 1.54 bits per heavy atom. The number of para-hydroxylation sites is 1. The van der Waals surface area contributed by atoms with Crippen molar-refractivity contribution >= 4 is 43.5 Å². The number of rotatable bonds is 4. The number of fused-ring (bicyclic) bond motifs is 5. The fraction of sp³-hybridized carbons (Fsp3) is 0.0238. The van der Waals surface area contributed by atoms with Gasteiger partial charge in [-0.15, -0.1) is 0 Å². The lowest BCUT2D eigenvalue weighted by Crippen LogP contribution is -2.00. The van der Waals surface area contributed by atoms with Crippen molar-refractivity contribution in [2.45, 2.75) is 6.92 Å². The summed E-state index contributed by atoms with van der Waals surface area (Å²) in [4.78, 5) is 15.1. The van der Waals surface area contributed by atoms with Crippen LogP contribution in [0, 0.1) is 6.92 Å². The van der Waals surface area contributed by atoms with Crippen molar-refractivity contribution in [1.82, 2.24) is 15.0 Å². The Kier molecular flexibility index (Phi) is 6.00. The van der Waals surface area contributed by atoms with Gasteiger partial charge >= 0.3 is 0 Å². The number of aromatic nitrogens is 3.